The number of thioether (sulfide) groups is 1. The van der Waals surface area contributed by atoms with E-state index in [0.29, 0.717) is 13.0 Å². The standard InChI is InChI=1S/C16H19N5OS/c1-2-9-21-15(13-5-7-17-8-6-13)18-19-16(21)23-12-11-20-10-3-4-14(20)22/h2,5-8H,1,3-4,9-12H2. The lowest BCUT2D eigenvalue weighted by molar-refractivity contribution is -0.127. The lowest BCUT2D eigenvalue weighted by Crippen LogP contribution is -2.27. The van der Waals surface area contributed by atoms with Gasteiger partial charge in [-0.05, 0) is 18.6 Å². The monoisotopic (exact) mass is 329 g/mol. The quantitative estimate of drug-likeness (QED) is 0.576. The molecule has 2 aromatic heterocycles. The fraction of sp³-hybridized carbons (Fsp3) is 0.375. The van der Waals surface area contributed by atoms with Crippen LogP contribution in [-0.4, -0.2) is 49.4 Å². The Hall–Kier alpha value is -2.15. The van der Waals surface area contributed by atoms with E-state index in [2.05, 4.69) is 21.8 Å². The predicted molar refractivity (Wildman–Crippen MR) is 90.0 cm³/mol. The number of carbonyl (C=O) groups excluding carboxylic acids is 1. The molecule has 1 aliphatic heterocycles. The van der Waals surface area contributed by atoms with Gasteiger partial charge in [0.15, 0.2) is 11.0 Å². The number of hydrogen-bond acceptors (Lipinski definition) is 5. The highest BCUT2D eigenvalue weighted by Crippen LogP contribution is 2.24. The number of aromatic nitrogens is 4. The largest absolute Gasteiger partial charge is 0.342 e. The second kappa shape index (κ2) is 7.41. The van der Waals surface area contributed by atoms with Crippen molar-refractivity contribution in [2.45, 2.75) is 24.5 Å². The average molecular weight is 329 g/mol. The Morgan fingerprint density at radius 2 is 2.13 bits per heavy atom. The molecule has 0 atom stereocenters. The first kappa shape index (κ1) is 15.7. The van der Waals surface area contributed by atoms with E-state index < -0.39 is 0 Å². The molecule has 120 valence electrons. The van der Waals surface area contributed by atoms with E-state index in [9.17, 15) is 4.79 Å². The third kappa shape index (κ3) is 3.61. The minimum Gasteiger partial charge on any atom is -0.342 e. The number of nitrogens with zero attached hydrogens (tertiary/aromatic N) is 5. The molecule has 0 spiro atoms. The maximum atomic E-state index is 11.6. The summed E-state index contributed by atoms with van der Waals surface area (Å²) in [6.45, 7) is 6.10. The summed E-state index contributed by atoms with van der Waals surface area (Å²) in [6.07, 6.45) is 6.98. The molecule has 23 heavy (non-hydrogen) atoms. The first-order valence-corrected chi connectivity index (χ1v) is 8.63. The van der Waals surface area contributed by atoms with Crippen molar-refractivity contribution >= 4 is 17.7 Å². The summed E-state index contributed by atoms with van der Waals surface area (Å²) in [5.74, 6) is 1.89. The minimum absolute atomic E-state index is 0.260. The highest BCUT2D eigenvalue weighted by atomic mass is 32.2. The fourth-order valence-corrected chi connectivity index (χ4v) is 3.50. The Kier molecular flexibility index (Phi) is 5.07. The number of pyridine rings is 1. The second-order valence-corrected chi connectivity index (χ2v) is 6.34. The number of likely N-dealkylation sites (tertiary alicyclic amines) is 1. The minimum atomic E-state index is 0.260. The third-order valence-electron chi connectivity index (χ3n) is 3.73. The van der Waals surface area contributed by atoms with Gasteiger partial charge in [-0.1, -0.05) is 17.8 Å². The molecule has 2 aromatic rings. The van der Waals surface area contributed by atoms with Crippen LogP contribution in [0.2, 0.25) is 0 Å². The van der Waals surface area contributed by atoms with E-state index in [1.807, 2.05) is 27.7 Å². The Morgan fingerprint density at radius 3 is 2.83 bits per heavy atom. The fourth-order valence-electron chi connectivity index (χ4n) is 2.59. The smallest absolute Gasteiger partial charge is 0.222 e. The third-order valence-corrected chi connectivity index (χ3v) is 4.68. The number of amides is 1. The molecule has 1 saturated heterocycles. The number of allylic oxidation sites excluding steroid dienone is 1. The maximum Gasteiger partial charge on any atom is 0.222 e. The van der Waals surface area contributed by atoms with Gasteiger partial charge in [-0.15, -0.1) is 16.8 Å². The van der Waals surface area contributed by atoms with Crippen LogP contribution in [0, 0.1) is 0 Å². The van der Waals surface area contributed by atoms with Crippen molar-refractivity contribution in [2.24, 2.45) is 0 Å². The highest BCUT2D eigenvalue weighted by molar-refractivity contribution is 7.99. The molecule has 0 radical (unpaired) electrons. The Bertz CT molecular complexity index is 685. The van der Waals surface area contributed by atoms with Gasteiger partial charge in [-0.2, -0.15) is 0 Å². The maximum absolute atomic E-state index is 11.6. The van der Waals surface area contributed by atoms with Crippen molar-refractivity contribution in [2.75, 3.05) is 18.8 Å². The van der Waals surface area contributed by atoms with Crippen LogP contribution < -0.4 is 0 Å². The van der Waals surface area contributed by atoms with Gasteiger partial charge >= 0.3 is 0 Å². The Labute approximate surface area is 139 Å². The number of carbonyl (C=O) groups is 1. The molecule has 7 heteroatoms. The first-order chi connectivity index (χ1) is 11.3. The van der Waals surface area contributed by atoms with Crippen molar-refractivity contribution in [3.8, 4) is 11.4 Å². The lowest BCUT2D eigenvalue weighted by atomic mass is 10.2. The Morgan fingerprint density at radius 1 is 1.30 bits per heavy atom. The summed E-state index contributed by atoms with van der Waals surface area (Å²) in [5.41, 5.74) is 0.982. The van der Waals surface area contributed by atoms with E-state index in [4.69, 9.17) is 0 Å². The van der Waals surface area contributed by atoms with Gasteiger partial charge in [0.05, 0.1) is 0 Å². The molecule has 3 rings (SSSR count). The second-order valence-electron chi connectivity index (χ2n) is 5.27. The summed E-state index contributed by atoms with van der Waals surface area (Å²) in [7, 11) is 0. The molecule has 6 nitrogen and oxygen atoms in total. The summed E-state index contributed by atoms with van der Waals surface area (Å²) in [6, 6.07) is 3.84. The first-order valence-electron chi connectivity index (χ1n) is 7.64. The van der Waals surface area contributed by atoms with Gasteiger partial charge in [-0.3, -0.25) is 14.3 Å². The van der Waals surface area contributed by atoms with Crippen molar-refractivity contribution in [3.63, 3.8) is 0 Å². The molecule has 1 amide bonds. The number of hydrogen-bond donors (Lipinski definition) is 0. The molecule has 1 fully saturated rings. The molecule has 0 unspecified atom stereocenters. The Balaban J connectivity index is 1.70. The SMILES string of the molecule is C=CCn1c(SCCN2CCCC2=O)nnc1-c1ccncc1. The van der Waals surface area contributed by atoms with E-state index >= 15 is 0 Å². The molecule has 0 N–H and O–H groups in total. The van der Waals surface area contributed by atoms with Crippen LogP contribution >= 0.6 is 11.8 Å². The van der Waals surface area contributed by atoms with Gasteiger partial charge in [0.2, 0.25) is 5.91 Å². The van der Waals surface area contributed by atoms with E-state index in [-0.39, 0.29) is 5.91 Å². The molecular weight excluding hydrogens is 310 g/mol. The lowest BCUT2D eigenvalue weighted by Gasteiger charge is -2.14. The average Bonchev–Trinajstić information content (AvgIpc) is 3.16. The molecule has 0 bridgehead atoms. The van der Waals surface area contributed by atoms with Crippen LogP contribution in [0.3, 0.4) is 0 Å². The van der Waals surface area contributed by atoms with Gasteiger partial charge in [-0.25, -0.2) is 0 Å². The van der Waals surface area contributed by atoms with Crippen molar-refractivity contribution in [3.05, 3.63) is 37.2 Å². The number of rotatable bonds is 7. The van der Waals surface area contributed by atoms with Crippen LogP contribution in [-0.2, 0) is 11.3 Å². The van der Waals surface area contributed by atoms with Crippen molar-refractivity contribution in [1.82, 2.24) is 24.6 Å². The van der Waals surface area contributed by atoms with E-state index in [1.54, 1.807) is 24.2 Å². The normalized spacial score (nSPS) is 14.4. The van der Waals surface area contributed by atoms with E-state index in [1.165, 1.54) is 0 Å². The molecule has 3 heterocycles. The zero-order valence-electron chi connectivity index (χ0n) is 12.9. The van der Waals surface area contributed by atoms with Crippen LogP contribution in [0.1, 0.15) is 12.8 Å². The van der Waals surface area contributed by atoms with Gasteiger partial charge in [0.1, 0.15) is 0 Å². The molecule has 0 aromatic carbocycles. The summed E-state index contributed by atoms with van der Waals surface area (Å²) < 4.78 is 2.04. The van der Waals surface area contributed by atoms with Crippen LogP contribution in [0.5, 0.6) is 0 Å². The predicted octanol–water partition coefficient (Wildman–Crippen LogP) is 2.24. The van der Waals surface area contributed by atoms with Gasteiger partial charge in [0.25, 0.3) is 0 Å². The summed E-state index contributed by atoms with van der Waals surface area (Å²) in [5, 5.41) is 9.46. The molecular formula is C16H19N5OS. The van der Waals surface area contributed by atoms with Gasteiger partial charge in [0, 0.05) is 49.8 Å². The topological polar surface area (TPSA) is 63.9 Å². The van der Waals surface area contributed by atoms with Crippen LogP contribution in [0.15, 0.2) is 42.3 Å². The van der Waals surface area contributed by atoms with Crippen molar-refractivity contribution < 1.29 is 4.79 Å². The molecule has 0 saturated carbocycles. The van der Waals surface area contributed by atoms with Gasteiger partial charge < -0.3 is 4.90 Å². The molecule has 1 aliphatic rings. The zero-order chi connectivity index (χ0) is 16.1. The molecule has 0 aliphatic carbocycles. The summed E-state index contributed by atoms with van der Waals surface area (Å²) >= 11 is 1.62. The van der Waals surface area contributed by atoms with Crippen LogP contribution in [0.25, 0.3) is 11.4 Å². The summed E-state index contributed by atoms with van der Waals surface area (Å²) in [4.78, 5) is 17.6. The van der Waals surface area contributed by atoms with Crippen molar-refractivity contribution in [1.29, 1.82) is 0 Å². The zero-order valence-corrected chi connectivity index (χ0v) is 13.7. The van der Waals surface area contributed by atoms with Crippen LogP contribution in [0.4, 0.5) is 0 Å². The van der Waals surface area contributed by atoms with E-state index in [0.717, 1.165) is 41.8 Å². The highest BCUT2D eigenvalue weighted by Gasteiger charge is 2.20.